The molecule has 0 unspecified atom stereocenters. The van der Waals surface area contributed by atoms with Gasteiger partial charge >= 0.3 is 0 Å². The van der Waals surface area contributed by atoms with E-state index in [-0.39, 0.29) is 10.8 Å². The monoisotopic (exact) mass is 308 g/mol. The summed E-state index contributed by atoms with van der Waals surface area (Å²) < 4.78 is 22.7. The fourth-order valence-corrected chi connectivity index (χ4v) is 3.50. The van der Waals surface area contributed by atoms with Crippen molar-refractivity contribution in [2.75, 3.05) is 11.4 Å². The van der Waals surface area contributed by atoms with Gasteiger partial charge in [-0.15, -0.1) is 0 Å². The maximum atomic E-state index is 12.3. The molecule has 2 aromatic rings. The van der Waals surface area contributed by atoms with Crippen molar-refractivity contribution in [3.8, 4) is 0 Å². The van der Waals surface area contributed by atoms with E-state index in [1.807, 2.05) is 5.38 Å². The molecule has 104 valence electrons. The second-order valence-corrected chi connectivity index (χ2v) is 6.90. The molecular weight excluding hydrogens is 296 g/mol. The lowest BCUT2D eigenvalue weighted by Gasteiger charge is -2.16. The average molecular weight is 308 g/mol. The molecule has 5 nitrogen and oxygen atoms in total. The average Bonchev–Trinajstić information content (AvgIpc) is 3.06. The van der Waals surface area contributed by atoms with Crippen molar-refractivity contribution >= 4 is 33.0 Å². The van der Waals surface area contributed by atoms with Crippen LogP contribution in [0, 0.1) is 0 Å². The molecule has 1 aromatic carbocycles. The smallest absolute Gasteiger partial charge is 0.259 e. The van der Waals surface area contributed by atoms with Crippen LogP contribution in [-0.2, 0) is 16.4 Å². The van der Waals surface area contributed by atoms with Gasteiger partial charge in [-0.1, -0.05) is 0 Å². The number of hydrogen-bond donors (Lipinski definition) is 1. The van der Waals surface area contributed by atoms with Crippen LogP contribution in [0.4, 0.5) is 5.69 Å². The van der Waals surface area contributed by atoms with Crippen LogP contribution in [0.2, 0.25) is 0 Å². The number of hydrogen-bond acceptors (Lipinski definition) is 4. The van der Waals surface area contributed by atoms with Crippen LogP contribution in [0.25, 0.3) is 0 Å². The molecule has 0 saturated carbocycles. The van der Waals surface area contributed by atoms with Crippen molar-refractivity contribution in [1.82, 2.24) is 0 Å². The summed E-state index contributed by atoms with van der Waals surface area (Å²) in [4.78, 5) is 14.1. The largest absolute Gasteiger partial charge is 0.308 e. The molecule has 0 fully saturated rings. The summed E-state index contributed by atoms with van der Waals surface area (Å²) in [6.07, 6.45) is 0.634. The number of carbonyl (C=O) groups is 1. The summed E-state index contributed by atoms with van der Waals surface area (Å²) in [7, 11) is -3.71. The molecule has 0 radical (unpaired) electrons. The predicted octanol–water partition coefficient (Wildman–Crippen LogP) is 1.60. The fourth-order valence-electron chi connectivity index (χ4n) is 2.31. The number of amides is 1. The first-order valence-corrected chi connectivity index (χ1v) is 8.45. The van der Waals surface area contributed by atoms with E-state index in [1.54, 1.807) is 28.5 Å². The zero-order chi connectivity index (χ0) is 14.3. The summed E-state index contributed by atoms with van der Waals surface area (Å²) in [5.74, 6) is -0.0617. The number of sulfonamides is 1. The van der Waals surface area contributed by atoms with Crippen molar-refractivity contribution in [2.24, 2.45) is 5.14 Å². The van der Waals surface area contributed by atoms with E-state index in [9.17, 15) is 13.2 Å². The van der Waals surface area contributed by atoms with Gasteiger partial charge in [0.1, 0.15) is 0 Å². The number of carbonyl (C=O) groups excluding carboxylic acids is 1. The standard InChI is InChI=1S/C13H12N2O3S2/c14-20(17,18)11-1-2-12-9(7-11)3-5-15(12)13(16)10-4-6-19-8-10/h1-2,4,6-8H,3,5H2,(H2,14,17,18). The molecule has 0 spiro atoms. The summed E-state index contributed by atoms with van der Waals surface area (Å²) in [6, 6.07) is 6.41. The van der Waals surface area contributed by atoms with E-state index < -0.39 is 10.0 Å². The molecule has 2 heterocycles. The number of thiophene rings is 1. The number of anilines is 1. The Morgan fingerprint density at radius 1 is 1.30 bits per heavy atom. The van der Waals surface area contributed by atoms with E-state index in [2.05, 4.69) is 0 Å². The molecule has 0 saturated heterocycles. The lowest BCUT2D eigenvalue weighted by molar-refractivity contribution is 0.0990. The summed E-state index contributed by atoms with van der Waals surface area (Å²) in [5, 5.41) is 8.78. The van der Waals surface area contributed by atoms with Crippen LogP contribution in [0.5, 0.6) is 0 Å². The van der Waals surface area contributed by atoms with Gasteiger partial charge in [-0.3, -0.25) is 4.79 Å². The van der Waals surface area contributed by atoms with E-state index in [0.717, 1.165) is 11.3 Å². The van der Waals surface area contributed by atoms with Gasteiger partial charge in [-0.25, -0.2) is 13.6 Å². The first kappa shape index (κ1) is 13.3. The summed E-state index contributed by atoms with van der Waals surface area (Å²) in [5.41, 5.74) is 2.24. The van der Waals surface area contributed by atoms with Crippen molar-refractivity contribution in [2.45, 2.75) is 11.3 Å². The Hall–Kier alpha value is -1.70. The number of nitrogens with zero attached hydrogens (tertiary/aromatic N) is 1. The normalized spacial score (nSPS) is 14.3. The van der Waals surface area contributed by atoms with Gasteiger partial charge in [0.05, 0.1) is 10.5 Å². The minimum atomic E-state index is -3.71. The van der Waals surface area contributed by atoms with Gasteiger partial charge in [-0.2, -0.15) is 11.3 Å². The van der Waals surface area contributed by atoms with E-state index in [4.69, 9.17) is 5.14 Å². The lowest BCUT2D eigenvalue weighted by Crippen LogP contribution is -2.28. The van der Waals surface area contributed by atoms with E-state index in [0.29, 0.717) is 18.5 Å². The number of nitrogens with two attached hydrogens (primary N) is 1. The molecule has 20 heavy (non-hydrogen) atoms. The maximum Gasteiger partial charge on any atom is 0.259 e. The molecular formula is C13H12N2O3S2. The number of benzene rings is 1. The van der Waals surface area contributed by atoms with Gasteiger partial charge in [-0.05, 0) is 41.6 Å². The van der Waals surface area contributed by atoms with Crippen LogP contribution < -0.4 is 10.0 Å². The first-order chi connectivity index (χ1) is 9.47. The quantitative estimate of drug-likeness (QED) is 0.915. The van der Waals surface area contributed by atoms with Crippen molar-refractivity contribution in [1.29, 1.82) is 0 Å². The van der Waals surface area contributed by atoms with Crippen LogP contribution in [-0.4, -0.2) is 20.9 Å². The van der Waals surface area contributed by atoms with Crippen molar-refractivity contribution < 1.29 is 13.2 Å². The Balaban J connectivity index is 1.98. The zero-order valence-electron chi connectivity index (χ0n) is 10.4. The SMILES string of the molecule is NS(=O)(=O)c1ccc2c(c1)CCN2C(=O)c1ccsc1. The Bertz CT molecular complexity index is 767. The van der Waals surface area contributed by atoms with Gasteiger partial charge in [0.2, 0.25) is 10.0 Å². The fraction of sp³-hybridized carbons (Fsp3) is 0.154. The number of primary sulfonamides is 1. The highest BCUT2D eigenvalue weighted by atomic mass is 32.2. The van der Waals surface area contributed by atoms with Crippen LogP contribution >= 0.6 is 11.3 Å². The predicted molar refractivity (Wildman–Crippen MR) is 77.5 cm³/mol. The second-order valence-electron chi connectivity index (χ2n) is 4.55. The van der Waals surface area contributed by atoms with Gasteiger partial charge < -0.3 is 4.90 Å². The Labute approximate surface area is 120 Å². The van der Waals surface area contributed by atoms with Gasteiger partial charge in [0.25, 0.3) is 5.91 Å². The van der Waals surface area contributed by atoms with E-state index >= 15 is 0 Å². The molecule has 0 atom stereocenters. The van der Waals surface area contributed by atoms with Crippen molar-refractivity contribution in [3.63, 3.8) is 0 Å². The number of fused-ring (bicyclic) bond motifs is 1. The van der Waals surface area contributed by atoms with Crippen molar-refractivity contribution in [3.05, 3.63) is 46.2 Å². The zero-order valence-corrected chi connectivity index (χ0v) is 12.1. The Morgan fingerprint density at radius 2 is 2.10 bits per heavy atom. The Kier molecular flexibility index (Phi) is 3.12. The molecule has 1 aromatic heterocycles. The highest BCUT2D eigenvalue weighted by Crippen LogP contribution is 2.31. The van der Waals surface area contributed by atoms with Gasteiger partial charge in [0.15, 0.2) is 0 Å². The Morgan fingerprint density at radius 3 is 2.75 bits per heavy atom. The molecule has 1 aliphatic heterocycles. The minimum absolute atomic E-state index is 0.0617. The molecule has 0 bridgehead atoms. The third-order valence-corrected chi connectivity index (χ3v) is 4.88. The second kappa shape index (κ2) is 4.69. The van der Waals surface area contributed by atoms with Gasteiger partial charge in [0, 0.05) is 17.6 Å². The maximum absolute atomic E-state index is 12.3. The first-order valence-electron chi connectivity index (χ1n) is 5.96. The van der Waals surface area contributed by atoms with Crippen LogP contribution in [0.1, 0.15) is 15.9 Å². The third-order valence-electron chi connectivity index (χ3n) is 3.29. The topological polar surface area (TPSA) is 80.5 Å². The molecule has 0 aliphatic carbocycles. The molecule has 3 rings (SSSR count). The molecule has 1 amide bonds. The summed E-state index contributed by atoms with van der Waals surface area (Å²) >= 11 is 1.47. The highest BCUT2D eigenvalue weighted by molar-refractivity contribution is 7.89. The molecule has 7 heteroatoms. The highest BCUT2D eigenvalue weighted by Gasteiger charge is 2.26. The molecule has 1 aliphatic rings. The number of rotatable bonds is 2. The van der Waals surface area contributed by atoms with Crippen LogP contribution in [0.3, 0.4) is 0 Å². The van der Waals surface area contributed by atoms with E-state index in [1.165, 1.54) is 17.4 Å². The minimum Gasteiger partial charge on any atom is -0.308 e. The summed E-state index contributed by atoms with van der Waals surface area (Å²) in [6.45, 7) is 0.554. The third kappa shape index (κ3) is 2.24. The molecule has 2 N–H and O–H groups in total. The lowest BCUT2D eigenvalue weighted by atomic mass is 10.2. The van der Waals surface area contributed by atoms with Crippen LogP contribution in [0.15, 0.2) is 39.9 Å².